The number of allylic oxidation sites excluding steroid dienone is 11. The Morgan fingerprint density at radius 3 is 1.69 bits per heavy atom. The van der Waals surface area contributed by atoms with Crippen molar-refractivity contribution < 1.29 is 9.90 Å². The van der Waals surface area contributed by atoms with Crippen molar-refractivity contribution in [2.75, 3.05) is 6.54 Å². The van der Waals surface area contributed by atoms with Crippen molar-refractivity contribution in [3.8, 4) is 0 Å². The minimum Gasteiger partial charge on any atom is -0.388 e. The molecule has 1 amide bonds. The van der Waals surface area contributed by atoms with Gasteiger partial charge in [0.1, 0.15) is 0 Å². The van der Waals surface area contributed by atoms with Gasteiger partial charge in [-0.1, -0.05) is 107 Å². The van der Waals surface area contributed by atoms with E-state index in [4.69, 9.17) is 0 Å². The number of unbranched alkanes of at least 4 members (excludes halogenated alkanes) is 2. The molecule has 0 unspecified atom stereocenters. The molecule has 0 radical (unpaired) electrons. The Hall–Kier alpha value is -2.13. The van der Waals surface area contributed by atoms with Crippen molar-refractivity contribution in [1.82, 2.24) is 5.32 Å². The largest absolute Gasteiger partial charge is 0.388 e. The quantitative estimate of drug-likeness (QED) is 0.180. The summed E-state index contributed by atoms with van der Waals surface area (Å²) in [6.45, 7) is 6.56. The van der Waals surface area contributed by atoms with Crippen LogP contribution >= 0.6 is 0 Å². The van der Waals surface area contributed by atoms with Gasteiger partial charge in [-0.3, -0.25) is 4.79 Å². The third-order valence-corrected chi connectivity index (χ3v) is 4.30. The zero-order valence-corrected chi connectivity index (χ0v) is 18.6. The van der Waals surface area contributed by atoms with E-state index in [1.54, 1.807) is 6.08 Å². The number of amides is 1. The summed E-state index contributed by atoms with van der Waals surface area (Å²) in [5.74, 6) is -0.174. The Kier molecular flexibility index (Phi) is 17.8. The summed E-state index contributed by atoms with van der Waals surface area (Å²) in [4.78, 5) is 11.9. The molecule has 0 aliphatic heterocycles. The van der Waals surface area contributed by atoms with Crippen molar-refractivity contribution in [1.29, 1.82) is 0 Å². The highest BCUT2D eigenvalue weighted by Gasteiger charge is 2.24. The fourth-order valence-corrected chi connectivity index (χ4v) is 2.83. The van der Waals surface area contributed by atoms with Gasteiger partial charge in [0, 0.05) is 12.6 Å². The predicted molar refractivity (Wildman–Crippen MR) is 127 cm³/mol. The van der Waals surface area contributed by atoms with E-state index in [1.165, 1.54) is 12.5 Å². The Morgan fingerprint density at radius 2 is 1.21 bits per heavy atom. The van der Waals surface area contributed by atoms with Crippen molar-refractivity contribution in [2.45, 2.75) is 77.7 Å². The Bertz CT molecular complexity index is 574. The van der Waals surface area contributed by atoms with E-state index in [9.17, 15) is 9.90 Å². The molecule has 0 fully saturated rings. The third-order valence-electron chi connectivity index (χ3n) is 4.30. The van der Waals surface area contributed by atoms with Crippen LogP contribution in [0.3, 0.4) is 0 Å². The summed E-state index contributed by atoms with van der Waals surface area (Å²) < 4.78 is 0. The standard InChI is InChI=1S/C26H41NO2/c1-4-7-8-9-10-11-12-13-14-15-16-17-18-19-20-21-25(28)27-24-26(29,22-5-2)23-6-3/h8-13,16-21,29H,4-7,14-15,22-24H2,1-3H3,(H,27,28). The zero-order chi connectivity index (χ0) is 21.6. The van der Waals surface area contributed by atoms with Crippen molar-refractivity contribution >= 4 is 5.91 Å². The fourth-order valence-electron chi connectivity index (χ4n) is 2.83. The smallest absolute Gasteiger partial charge is 0.244 e. The Labute approximate surface area is 178 Å². The summed E-state index contributed by atoms with van der Waals surface area (Å²) >= 11 is 0. The van der Waals surface area contributed by atoms with E-state index in [-0.39, 0.29) is 5.91 Å². The molecule has 29 heavy (non-hydrogen) atoms. The summed E-state index contributed by atoms with van der Waals surface area (Å²) in [5, 5.41) is 13.3. The molecule has 0 aromatic heterocycles. The highest BCUT2D eigenvalue weighted by atomic mass is 16.3. The van der Waals surface area contributed by atoms with Gasteiger partial charge >= 0.3 is 0 Å². The fraction of sp³-hybridized carbons (Fsp3) is 0.500. The molecule has 0 atom stereocenters. The first-order valence-corrected chi connectivity index (χ1v) is 11.1. The number of hydrogen-bond donors (Lipinski definition) is 2. The monoisotopic (exact) mass is 399 g/mol. The predicted octanol–water partition coefficient (Wildman–Crippen LogP) is 6.35. The lowest BCUT2D eigenvalue weighted by Crippen LogP contribution is -2.42. The molecular formula is C26H41NO2. The molecule has 0 aromatic rings. The molecule has 0 bridgehead atoms. The number of carbonyl (C=O) groups is 1. The van der Waals surface area contributed by atoms with Crippen LogP contribution in [0.5, 0.6) is 0 Å². The van der Waals surface area contributed by atoms with Crippen LogP contribution in [0.4, 0.5) is 0 Å². The summed E-state index contributed by atoms with van der Waals surface area (Å²) in [6, 6.07) is 0. The number of carbonyl (C=O) groups excluding carboxylic acids is 1. The number of aliphatic hydroxyl groups is 1. The second kappa shape index (κ2) is 19.2. The first-order valence-electron chi connectivity index (χ1n) is 11.1. The summed E-state index contributed by atoms with van der Waals surface area (Å²) in [6.07, 6.45) is 31.2. The number of rotatable bonds is 16. The van der Waals surface area contributed by atoms with E-state index in [1.807, 2.05) is 32.1 Å². The molecular weight excluding hydrogens is 358 g/mol. The molecule has 0 aromatic carbocycles. The highest BCUT2D eigenvalue weighted by Crippen LogP contribution is 2.18. The van der Waals surface area contributed by atoms with Crippen LogP contribution in [0, 0.1) is 0 Å². The van der Waals surface area contributed by atoms with E-state index in [0.717, 1.165) is 32.1 Å². The van der Waals surface area contributed by atoms with Crippen LogP contribution in [0.2, 0.25) is 0 Å². The molecule has 0 saturated heterocycles. The number of nitrogens with one attached hydrogen (secondary N) is 1. The van der Waals surface area contributed by atoms with Crippen LogP contribution in [0.25, 0.3) is 0 Å². The third kappa shape index (κ3) is 17.7. The van der Waals surface area contributed by atoms with Gasteiger partial charge in [0.05, 0.1) is 5.60 Å². The summed E-state index contributed by atoms with van der Waals surface area (Å²) in [5.41, 5.74) is -0.790. The van der Waals surface area contributed by atoms with Gasteiger partial charge in [-0.2, -0.15) is 0 Å². The average Bonchev–Trinajstić information content (AvgIpc) is 2.70. The van der Waals surface area contributed by atoms with Gasteiger partial charge in [0.25, 0.3) is 0 Å². The molecule has 0 aliphatic carbocycles. The second-order valence-corrected chi connectivity index (χ2v) is 7.22. The lowest BCUT2D eigenvalue weighted by Gasteiger charge is -2.27. The van der Waals surface area contributed by atoms with Gasteiger partial charge in [-0.15, -0.1) is 0 Å². The second-order valence-electron chi connectivity index (χ2n) is 7.22. The minimum atomic E-state index is -0.790. The normalized spacial score (nSPS) is 13.4. The van der Waals surface area contributed by atoms with Gasteiger partial charge in [-0.05, 0) is 32.1 Å². The van der Waals surface area contributed by atoms with Gasteiger partial charge in [0.15, 0.2) is 0 Å². The van der Waals surface area contributed by atoms with E-state index >= 15 is 0 Å². The molecule has 3 nitrogen and oxygen atoms in total. The maximum absolute atomic E-state index is 11.9. The lowest BCUT2D eigenvalue weighted by molar-refractivity contribution is -0.117. The highest BCUT2D eigenvalue weighted by molar-refractivity contribution is 5.87. The van der Waals surface area contributed by atoms with Crippen LogP contribution < -0.4 is 5.32 Å². The van der Waals surface area contributed by atoms with Crippen LogP contribution in [-0.2, 0) is 4.79 Å². The van der Waals surface area contributed by atoms with Crippen LogP contribution in [0.15, 0.2) is 72.9 Å². The van der Waals surface area contributed by atoms with Crippen LogP contribution in [0.1, 0.15) is 72.1 Å². The molecule has 0 aliphatic rings. The topological polar surface area (TPSA) is 49.3 Å². The lowest BCUT2D eigenvalue weighted by atomic mass is 9.92. The maximum Gasteiger partial charge on any atom is 0.244 e. The SMILES string of the molecule is CCCC=CC=CC=CCCC=CC=CC=CC(=O)NCC(O)(CCC)CCC. The van der Waals surface area contributed by atoms with Crippen molar-refractivity contribution in [2.24, 2.45) is 0 Å². The molecule has 0 spiro atoms. The van der Waals surface area contributed by atoms with E-state index in [2.05, 4.69) is 54.8 Å². The molecule has 162 valence electrons. The van der Waals surface area contributed by atoms with E-state index < -0.39 is 5.60 Å². The van der Waals surface area contributed by atoms with Gasteiger partial charge in [-0.25, -0.2) is 0 Å². The minimum absolute atomic E-state index is 0.174. The average molecular weight is 400 g/mol. The Balaban J connectivity index is 3.99. The van der Waals surface area contributed by atoms with Crippen molar-refractivity contribution in [3.05, 3.63) is 72.9 Å². The Morgan fingerprint density at radius 1 is 0.724 bits per heavy atom. The molecule has 3 heteroatoms. The van der Waals surface area contributed by atoms with Crippen LogP contribution in [-0.4, -0.2) is 23.2 Å². The maximum atomic E-state index is 11.9. The molecule has 2 N–H and O–H groups in total. The zero-order valence-electron chi connectivity index (χ0n) is 18.6. The molecule has 0 saturated carbocycles. The first-order chi connectivity index (χ1) is 14.1. The van der Waals surface area contributed by atoms with E-state index in [0.29, 0.717) is 19.4 Å². The molecule has 0 rings (SSSR count). The molecule has 0 heterocycles. The first kappa shape index (κ1) is 26.9. The van der Waals surface area contributed by atoms with Gasteiger partial charge in [0.2, 0.25) is 5.91 Å². The van der Waals surface area contributed by atoms with Gasteiger partial charge < -0.3 is 10.4 Å². The summed E-state index contributed by atoms with van der Waals surface area (Å²) in [7, 11) is 0. The van der Waals surface area contributed by atoms with Crippen molar-refractivity contribution in [3.63, 3.8) is 0 Å². The number of hydrogen-bond acceptors (Lipinski definition) is 2.